The fourth-order valence-electron chi connectivity index (χ4n) is 3.81. The van der Waals surface area contributed by atoms with Crippen LogP contribution in [0, 0.1) is 5.92 Å². The van der Waals surface area contributed by atoms with Crippen LogP contribution in [0.1, 0.15) is 19.0 Å². The molecule has 0 aliphatic heterocycles. The zero-order chi connectivity index (χ0) is 23.0. The molecule has 170 valence electrons. The monoisotopic (exact) mass is 463 g/mol. The molecule has 1 aliphatic rings. The first-order valence-electron chi connectivity index (χ1n) is 9.85. The van der Waals surface area contributed by atoms with E-state index in [-0.39, 0.29) is 30.1 Å². The number of aromatic nitrogens is 3. The third-order valence-electron chi connectivity index (χ3n) is 5.38. The highest BCUT2D eigenvalue weighted by molar-refractivity contribution is 6.32. The van der Waals surface area contributed by atoms with Crippen molar-refractivity contribution in [2.75, 3.05) is 17.7 Å². The maximum Gasteiger partial charge on any atom is 0.302 e. The molecule has 1 aliphatic carbocycles. The molecule has 0 saturated heterocycles. The van der Waals surface area contributed by atoms with Crippen molar-refractivity contribution in [2.24, 2.45) is 5.92 Å². The lowest BCUT2D eigenvalue weighted by molar-refractivity contribution is -0.143. The van der Waals surface area contributed by atoms with Crippen LogP contribution in [0.15, 0.2) is 22.7 Å². The second-order valence-corrected chi connectivity index (χ2v) is 7.97. The minimum atomic E-state index is -1.15. The van der Waals surface area contributed by atoms with Gasteiger partial charge in [-0.15, -0.1) is 0 Å². The topological polar surface area (TPSA) is 177 Å². The smallest absolute Gasteiger partial charge is 0.302 e. The molecule has 12 heteroatoms. The van der Waals surface area contributed by atoms with Crippen LogP contribution >= 0.6 is 11.6 Å². The highest BCUT2D eigenvalue weighted by Crippen LogP contribution is 2.38. The molecule has 11 nitrogen and oxygen atoms in total. The van der Waals surface area contributed by atoms with Crippen molar-refractivity contribution in [3.05, 3.63) is 29.2 Å². The van der Waals surface area contributed by atoms with Gasteiger partial charge in [-0.05, 0) is 18.6 Å². The second kappa shape index (κ2) is 8.87. The van der Waals surface area contributed by atoms with Crippen LogP contribution in [0.3, 0.4) is 0 Å². The highest BCUT2D eigenvalue weighted by atomic mass is 35.5. The first-order chi connectivity index (χ1) is 15.3. The Hall–Kier alpha value is -2.99. The Morgan fingerprint density at radius 1 is 1.34 bits per heavy atom. The standard InChI is InChI=1S/C20H22ClN5O6/c1-8(28)31-7-10-3-12(17(30)16(10)29)24-19-15(18(21)25-20(22)26-19)13-4-9-2-11(6-27)23-5-14(9)32-13/h2,4-5,10,12,16-17,27,29-30H,3,6-7H2,1H3,(H3,22,24,25,26)/t10-,12-,16-,17+/m1/s1. The van der Waals surface area contributed by atoms with Crippen LogP contribution in [-0.4, -0.2) is 61.1 Å². The molecular weight excluding hydrogens is 442 g/mol. The van der Waals surface area contributed by atoms with Crippen molar-refractivity contribution in [1.82, 2.24) is 15.0 Å². The van der Waals surface area contributed by atoms with Gasteiger partial charge in [0.2, 0.25) is 5.95 Å². The van der Waals surface area contributed by atoms with Gasteiger partial charge in [-0.1, -0.05) is 11.6 Å². The summed E-state index contributed by atoms with van der Waals surface area (Å²) in [5, 5.41) is 34.0. The number of ether oxygens (including phenoxy) is 1. The molecule has 1 saturated carbocycles. The molecule has 3 aromatic rings. The number of esters is 1. The third kappa shape index (κ3) is 4.32. The molecule has 0 unspecified atom stereocenters. The van der Waals surface area contributed by atoms with Crippen molar-refractivity contribution in [2.45, 2.75) is 38.2 Å². The molecule has 3 heterocycles. The number of pyridine rings is 1. The highest BCUT2D eigenvalue weighted by Gasteiger charge is 2.42. The van der Waals surface area contributed by atoms with E-state index in [2.05, 4.69) is 20.3 Å². The summed E-state index contributed by atoms with van der Waals surface area (Å²) < 4.78 is 10.8. The van der Waals surface area contributed by atoms with E-state index in [1.54, 1.807) is 12.1 Å². The van der Waals surface area contributed by atoms with Crippen molar-refractivity contribution < 1.29 is 29.3 Å². The number of nitrogens with zero attached hydrogens (tertiary/aromatic N) is 3. The summed E-state index contributed by atoms with van der Waals surface area (Å²) in [4.78, 5) is 23.4. The maximum atomic E-state index is 11.1. The lowest BCUT2D eigenvalue weighted by Crippen LogP contribution is -2.36. The normalized spacial score (nSPS) is 22.9. The van der Waals surface area contributed by atoms with Gasteiger partial charge in [0.15, 0.2) is 5.58 Å². The van der Waals surface area contributed by atoms with Gasteiger partial charge in [0.25, 0.3) is 0 Å². The van der Waals surface area contributed by atoms with E-state index in [0.29, 0.717) is 34.4 Å². The van der Waals surface area contributed by atoms with E-state index in [9.17, 15) is 20.1 Å². The quantitative estimate of drug-likeness (QED) is 0.261. The molecule has 1 fully saturated rings. The number of hydrogen-bond acceptors (Lipinski definition) is 11. The van der Waals surface area contributed by atoms with Gasteiger partial charge >= 0.3 is 5.97 Å². The zero-order valence-corrected chi connectivity index (χ0v) is 17.8. The molecule has 4 atom stereocenters. The lowest BCUT2D eigenvalue weighted by atomic mass is 10.1. The van der Waals surface area contributed by atoms with Gasteiger partial charge in [-0.3, -0.25) is 9.78 Å². The number of nitrogen functional groups attached to an aromatic ring is 1. The number of aliphatic hydroxyl groups excluding tert-OH is 3. The van der Waals surface area contributed by atoms with Gasteiger partial charge in [0.05, 0.1) is 42.8 Å². The van der Waals surface area contributed by atoms with Crippen molar-refractivity contribution in [3.8, 4) is 11.3 Å². The molecular formula is C20H22ClN5O6. The molecule has 3 aromatic heterocycles. The number of rotatable bonds is 6. The van der Waals surface area contributed by atoms with Crippen molar-refractivity contribution >= 4 is 40.3 Å². The van der Waals surface area contributed by atoms with E-state index in [1.807, 2.05) is 0 Å². The number of furan rings is 1. The number of carbonyl (C=O) groups excluding carboxylic acids is 1. The van der Waals surface area contributed by atoms with Crippen LogP contribution in [-0.2, 0) is 16.1 Å². The van der Waals surface area contributed by atoms with Crippen LogP contribution in [0.4, 0.5) is 11.8 Å². The van der Waals surface area contributed by atoms with E-state index in [1.165, 1.54) is 13.1 Å². The van der Waals surface area contributed by atoms with Gasteiger partial charge in [-0.25, -0.2) is 4.98 Å². The largest absolute Gasteiger partial charge is 0.465 e. The fraction of sp³-hybridized carbons (Fsp3) is 0.400. The van der Waals surface area contributed by atoms with Crippen molar-refractivity contribution in [1.29, 1.82) is 0 Å². The number of fused-ring (bicyclic) bond motifs is 1. The Labute approximate surface area is 187 Å². The molecule has 0 amide bonds. The van der Waals surface area contributed by atoms with Gasteiger partial charge in [-0.2, -0.15) is 4.98 Å². The number of carbonyl (C=O) groups is 1. The summed E-state index contributed by atoms with van der Waals surface area (Å²) in [5.41, 5.74) is 7.04. The van der Waals surface area contributed by atoms with E-state index in [4.69, 9.17) is 26.5 Å². The Balaban J connectivity index is 1.66. The number of anilines is 2. The summed E-state index contributed by atoms with van der Waals surface area (Å²) in [6, 6.07) is 2.76. The molecule has 32 heavy (non-hydrogen) atoms. The summed E-state index contributed by atoms with van der Waals surface area (Å²) in [6.45, 7) is 1.04. The number of aliphatic hydroxyl groups is 3. The molecule has 0 aromatic carbocycles. The Kier molecular flexibility index (Phi) is 6.15. The first-order valence-corrected chi connectivity index (χ1v) is 10.2. The Bertz CT molecular complexity index is 1150. The molecule has 0 bridgehead atoms. The van der Waals surface area contributed by atoms with Crippen LogP contribution < -0.4 is 11.1 Å². The summed E-state index contributed by atoms with van der Waals surface area (Å²) in [5.74, 6) is -0.482. The lowest BCUT2D eigenvalue weighted by Gasteiger charge is -2.20. The first kappa shape index (κ1) is 22.2. The molecule has 6 N–H and O–H groups in total. The SMILES string of the molecule is CC(=O)OC[C@H]1C[C@@H](Nc2nc(N)nc(Cl)c2-c2cc3cc(CO)ncc3o2)[C@H](O)[C@@H]1O. The second-order valence-electron chi connectivity index (χ2n) is 7.61. The average Bonchev–Trinajstić information content (AvgIpc) is 3.27. The summed E-state index contributed by atoms with van der Waals surface area (Å²) in [6.07, 6.45) is -0.453. The maximum absolute atomic E-state index is 11.1. The third-order valence-corrected chi connectivity index (χ3v) is 5.65. The fourth-order valence-corrected chi connectivity index (χ4v) is 4.08. The Morgan fingerprint density at radius 2 is 2.12 bits per heavy atom. The predicted octanol–water partition coefficient (Wildman–Crippen LogP) is 1.10. The zero-order valence-electron chi connectivity index (χ0n) is 17.0. The Morgan fingerprint density at radius 3 is 2.84 bits per heavy atom. The van der Waals surface area contributed by atoms with Crippen molar-refractivity contribution in [3.63, 3.8) is 0 Å². The van der Waals surface area contributed by atoms with E-state index in [0.717, 1.165) is 0 Å². The molecule has 0 radical (unpaired) electrons. The number of hydrogen-bond donors (Lipinski definition) is 5. The predicted molar refractivity (Wildman–Crippen MR) is 115 cm³/mol. The molecule has 0 spiro atoms. The van der Waals surface area contributed by atoms with Crippen LogP contribution in [0.25, 0.3) is 22.3 Å². The van der Waals surface area contributed by atoms with Gasteiger partial charge in [0, 0.05) is 18.2 Å². The summed E-state index contributed by atoms with van der Waals surface area (Å²) >= 11 is 6.36. The number of nitrogens with two attached hydrogens (primary N) is 1. The van der Waals surface area contributed by atoms with Crippen LogP contribution in [0.2, 0.25) is 5.15 Å². The minimum Gasteiger partial charge on any atom is -0.465 e. The van der Waals surface area contributed by atoms with Gasteiger partial charge in [0.1, 0.15) is 22.8 Å². The number of nitrogens with one attached hydrogen (secondary N) is 1. The van der Waals surface area contributed by atoms with Gasteiger partial charge < -0.3 is 35.5 Å². The number of halogens is 1. The van der Waals surface area contributed by atoms with Crippen LogP contribution in [0.5, 0.6) is 0 Å². The summed E-state index contributed by atoms with van der Waals surface area (Å²) in [7, 11) is 0. The average molecular weight is 464 g/mol. The van der Waals surface area contributed by atoms with E-state index < -0.39 is 30.1 Å². The minimum absolute atomic E-state index is 0.0188. The molecule has 4 rings (SSSR count). The van der Waals surface area contributed by atoms with E-state index >= 15 is 0 Å².